The zero-order valence-electron chi connectivity index (χ0n) is 11.4. The number of aliphatic hydroxyl groups is 2. The summed E-state index contributed by atoms with van der Waals surface area (Å²) in [5.41, 5.74) is -1.23. The fraction of sp³-hybridized carbons (Fsp3) is 0.800. The summed E-state index contributed by atoms with van der Waals surface area (Å²) in [5.74, 6) is -0.0232. The lowest BCUT2D eigenvalue weighted by Crippen LogP contribution is -2.65. The molecule has 4 nitrogen and oxygen atoms in total. The Labute approximate surface area is 113 Å². The number of carbonyl (C=O) groups is 1. The van der Waals surface area contributed by atoms with Gasteiger partial charge in [0.05, 0.1) is 5.60 Å². The molecule has 4 fully saturated rings. The summed E-state index contributed by atoms with van der Waals surface area (Å²) in [5, 5.41) is 20.4. The molecule has 2 N–H and O–H groups in total. The van der Waals surface area contributed by atoms with Crippen molar-refractivity contribution in [1.29, 1.82) is 0 Å². The summed E-state index contributed by atoms with van der Waals surface area (Å²) in [7, 11) is 0. The van der Waals surface area contributed by atoms with Crippen LogP contribution in [0.5, 0.6) is 0 Å². The molecule has 4 aliphatic rings. The molecule has 0 heterocycles. The molecule has 4 rings (SSSR count). The number of rotatable bonds is 3. The van der Waals surface area contributed by atoms with Gasteiger partial charge in [0.2, 0.25) is 0 Å². The van der Waals surface area contributed by atoms with E-state index < -0.39 is 11.2 Å². The lowest BCUT2D eigenvalue weighted by atomic mass is 9.46. The summed E-state index contributed by atoms with van der Waals surface area (Å²) in [4.78, 5) is 11.9. The topological polar surface area (TPSA) is 66.8 Å². The SMILES string of the molecule is C=C(C)C(=O)OC12CC3CC(O)(CC(CO)(C3)C1)C2. The maximum atomic E-state index is 11.9. The molecule has 4 saturated carbocycles. The Morgan fingerprint density at radius 3 is 2.63 bits per heavy atom. The molecule has 0 amide bonds. The van der Waals surface area contributed by atoms with Crippen molar-refractivity contribution in [2.75, 3.05) is 6.61 Å². The molecule has 19 heavy (non-hydrogen) atoms. The van der Waals surface area contributed by atoms with Crippen LogP contribution in [-0.2, 0) is 9.53 Å². The van der Waals surface area contributed by atoms with Crippen LogP contribution >= 0.6 is 0 Å². The lowest BCUT2D eigenvalue weighted by molar-refractivity contribution is -0.246. The molecule has 0 aromatic heterocycles. The van der Waals surface area contributed by atoms with E-state index in [1.54, 1.807) is 6.92 Å². The van der Waals surface area contributed by atoms with Crippen LogP contribution < -0.4 is 0 Å². The second-order valence-corrected chi connectivity index (χ2v) is 7.24. The van der Waals surface area contributed by atoms with Gasteiger partial charge in [-0.1, -0.05) is 6.58 Å². The van der Waals surface area contributed by atoms with Crippen molar-refractivity contribution in [2.45, 2.75) is 56.7 Å². The predicted molar refractivity (Wildman–Crippen MR) is 69.3 cm³/mol. The standard InChI is InChI=1S/C15H22O4/c1-10(2)12(17)19-15-5-11-3-13(7-15,9-16)6-14(18,4-11)8-15/h11,16,18H,1,3-9H2,2H3. The van der Waals surface area contributed by atoms with Crippen molar-refractivity contribution in [3.8, 4) is 0 Å². The summed E-state index contributed by atoms with van der Waals surface area (Å²) >= 11 is 0. The average molecular weight is 266 g/mol. The highest BCUT2D eigenvalue weighted by atomic mass is 16.6. The zero-order chi connectivity index (χ0) is 13.9. The molecule has 0 aliphatic heterocycles. The third-order valence-corrected chi connectivity index (χ3v) is 5.10. The number of hydrogen-bond acceptors (Lipinski definition) is 4. The van der Waals surface area contributed by atoms with Crippen LogP contribution in [0.3, 0.4) is 0 Å². The molecular formula is C15H22O4. The maximum Gasteiger partial charge on any atom is 0.333 e. The molecule has 106 valence electrons. The molecule has 4 bridgehead atoms. The first-order valence-electron chi connectivity index (χ1n) is 7.02. The first-order valence-corrected chi connectivity index (χ1v) is 7.02. The molecule has 0 radical (unpaired) electrons. The summed E-state index contributed by atoms with van der Waals surface area (Å²) in [6.45, 7) is 5.33. The minimum absolute atomic E-state index is 0.0676. The first kappa shape index (κ1) is 13.1. The van der Waals surface area contributed by atoms with E-state index in [1.165, 1.54) is 0 Å². The molecule has 0 aromatic carbocycles. The Morgan fingerprint density at radius 1 is 1.32 bits per heavy atom. The Morgan fingerprint density at radius 2 is 2.05 bits per heavy atom. The van der Waals surface area contributed by atoms with Crippen LogP contribution in [0.1, 0.15) is 45.4 Å². The number of hydrogen-bond donors (Lipinski definition) is 2. The van der Waals surface area contributed by atoms with E-state index in [0.717, 1.165) is 19.3 Å². The second kappa shape index (κ2) is 3.83. The largest absolute Gasteiger partial charge is 0.456 e. The summed E-state index contributed by atoms with van der Waals surface area (Å²) in [6.07, 6.45) is 4.36. The van der Waals surface area contributed by atoms with E-state index in [9.17, 15) is 15.0 Å². The highest BCUT2D eigenvalue weighted by molar-refractivity contribution is 5.87. The van der Waals surface area contributed by atoms with E-state index in [2.05, 4.69) is 6.58 Å². The fourth-order valence-electron chi connectivity index (χ4n) is 5.07. The third-order valence-electron chi connectivity index (χ3n) is 5.10. The van der Waals surface area contributed by atoms with Crippen LogP contribution in [-0.4, -0.2) is 34.0 Å². The summed E-state index contributed by atoms with van der Waals surface area (Å²) in [6, 6.07) is 0. The Bertz CT molecular complexity index is 445. The minimum atomic E-state index is -0.766. The number of esters is 1. The van der Waals surface area contributed by atoms with Crippen molar-refractivity contribution in [3.05, 3.63) is 12.2 Å². The van der Waals surface area contributed by atoms with Crippen LogP contribution in [0.25, 0.3) is 0 Å². The van der Waals surface area contributed by atoms with Crippen molar-refractivity contribution in [2.24, 2.45) is 11.3 Å². The van der Waals surface area contributed by atoms with Crippen LogP contribution in [0, 0.1) is 11.3 Å². The van der Waals surface area contributed by atoms with E-state index in [4.69, 9.17) is 4.74 Å². The monoisotopic (exact) mass is 266 g/mol. The normalized spacial score (nSPS) is 47.2. The van der Waals surface area contributed by atoms with Gasteiger partial charge in [-0.05, 0) is 44.9 Å². The molecule has 0 saturated heterocycles. The van der Waals surface area contributed by atoms with Gasteiger partial charge in [0.15, 0.2) is 0 Å². The predicted octanol–water partition coefficient (Wildman–Crippen LogP) is 1.55. The van der Waals surface area contributed by atoms with Gasteiger partial charge in [-0.2, -0.15) is 0 Å². The number of ether oxygens (including phenoxy) is 1. The van der Waals surface area contributed by atoms with E-state index in [1.807, 2.05) is 0 Å². The minimum Gasteiger partial charge on any atom is -0.456 e. The van der Waals surface area contributed by atoms with Crippen LogP contribution in [0.15, 0.2) is 12.2 Å². The average Bonchev–Trinajstić information content (AvgIpc) is 2.24. The van der Waals surface area contributed by atoms with E-state index in [0.29, 0.717) is 30.8 Å². The van der Waals surface area contributed by atoms with Gasteiger partial charge >= 0.3 is 5.97 Å². The molecule has 4 heteroatoms. The van der Waals surface area contributed by atoms with Crippen molar-refractivity contribution in [3.63, 3.8) is 0 Å². The quantitative estimate of drug-likeness (QED) is 0.601. The smallest absolute Gasteiger partial charge is 0.333 e. The van der Waals surface area contributed by atoms with Gasteiger partial charge in [-0.25, -0.2) is 4.79 Å². The first-order chi connectivity index (χ1) is 8.79. The number of carbonyl (C=O) groups excluding carboxylic acids is 1. The van der Waals surface area contributed by atoms with Crippen LogP contribution in [0.2, 0.25) is 0 Å². The highest BCUT2D eigenvalue weighted by Crippen LogP contribution is 2.64. The van der Waals surface area contributed by atoms with Gasteiger partial charge in [0.1, 0.15) is 5.60 Å². The lowest BCUT2D eigenvalue weighted by Gasteiger charge is -2.63. The van der Waals surface area contributed by atoms with Crippen LogP contribution in [0.4, 0.5) is 0 Å². The highest BCUT2D eigenvalue weighted by Gasteiger charge is 2.64. The molecule has 4 aliphatic carbocycles. The van der Waals surface area contributed by atoms with Gasteiger partial charge in [-0.15, -0.1) is 0 Å². The van der Waals surface area contributed by atoms with Crippen molar-refractivity contribution in [1.82, 2.24) is 0 Å². The molecule has 4 unspecified atom stereocenters. The Hall–Kier alpha value is -0.870. The van der Waals surface area contributed by atoms with Crippen molar-refractivity contribution < 1.29 is 19.7 Å². The van der Waals surface area contributed by atoms with Crippen molar-refractivity contribution >= 4 is 5.97 Å². The Balaban J connectivity index is 1.90. The molecule has 0 spiro atoms. The molecule has 4 atom stereocenters. The zero-order valence-corrected chi connectivity index (χ0v) is 11.4. The molecule has 0 aromatic rings. The Kier molecular flexibility index (Phi) is 2.64. The van der Waals surface area contributed by atoms with Gasteiger partial charge in [0, 0.05) is 24.0 Å². The van der Waals surface area contributed by atoms with E-state index >= 15 is 0 Å². The van der Waals surface area contributed by atoms with Gasteiger partial charge < -0.3 is 14.9 Å². The fourth-order valence-corrected chi connectivity index (χ4v) is 5.07. The second-order valence-electron chi connectivity index (χ2n) is 7.24. The molecular weight excluding hydrogens is 244 g/mol. The summed E-state index contributed by atoms with van der Waals surface area (Å²) < 4.78 is 5.69. The number of aliphatic hydroxyl groups excluding tert-OH is 1. The van der Waals surface area contributed by atoms with Gasteiger partial charge in [0.25, 0.3) is 0 Å². The van der Waals surface area contributed by atoms with E-state index in [-0.39, 0.29) is 18.0 Å². The van der Waals surface area contributed by atoms with Gasteiger partial charge in [-0.3, -0.25) is 0 Å². The third kappa shape index (κ3) is 2.01. The maximum absolute atomic E-state index is 11.9.